The van der Waals surface area contributed by atoms with E-state index in [1.165, 1.54) is 18.5 Å². The summed E-state index contributed by atoms with van der Waals surface area (Å²) in [7, 11) is 0. The van der Waals surface area contributed by atoms with Crippen molar-refractivity contribution >= 4 is 23.2 Å². The summed E-state index contributed by atoms with van der Waals surface area (Å²) in [5.41, 5.74) is 2.02. The molecule has 2 amide bonds. The zero-order valence-electron chi connectivity index (χ0n) is 15.8. The van der Waals surface area contributed by atoms with Crippen LogP contribution in [0.15, 0.2) is 24.3 Å². The molecule has 1 aromatic rings. The highest BCUT2D eigenvalue weighted by molar-refractivity contribution is 5.91. The summed E-state index contributed by atoms with van der Waals surface area (Å²) in [6.07, 6.45) is 3.79. The molecule has 0 spiro atoms. The largest absolute Gasteiger partial charge is 0.372 e. The van der Waals surface area contributed by atoms with E-state index in [-0.39, 0.29) is 11.8 Å². The third-order valence-corrected chi connectivity index (χ3v) is 4.65. The van der Waals surface area contributed by atoms with Crippen molar-refractivity contribution in [3.05, 3.63) is 24.3 Å². The number of rotatable bonds is 8. The Morgan fingerprint density at radius 2 is 1.76 bits per heavy atom. The summed E-state index contributed by atoms with van der Waals surface area (Å²) in [4.78, 5) is 28.0. The first-order valence-corrected chi connectivity index (χ1v) is 9.36. The Morgan fingerprint density at radius 3 is 2.32 bits per heavy atom. The van der Waals surface area contributed by atoms with Gasteiger partial charge in [0, 0.05) is 50.9 Å². The number of carbonyl (C=O) groups excluding carboxylic acids is 2. The van der Waals surface area contributed by atoms with Crippen molar-refractivity contribution < 1.29 is 9.59 Å². The lowest BCUT2D eigenvalue weighted by Crippen LogP contribution is -2.33. The summed E-state index contributed by atoms with van der Waals surface area (Å²) >= 11 is 0. The monoisotopic (exact) mass is 345 g/mol. The van der Waals surface area contributed by atoms with E-state index < -0.39 is 0 Å². The molecular formula is C20H31N3O2. The first-order chi connectivity index (χ1) is 12.0. The molecule has 0 saturated carbocycles. The maximum atomic E-state index is 12.2. The molecule has 1 heterocycles. The maximum absolute atomic E-state index is 12.2. The van der Waals surface area contributed by atoms with Crippen LogP contribution in [0, 0.1) is 5.92 Å². The van der Waals surface area contributed by atoms with E-state index in [0.29, 0.717) is 25.4 Å². The summed E-state index contributed by atoms with van der Waals surface area (Å²) in [6, 6.07) is 8.02. The van der Waals surface area contributed by atoms with Crippen molar-refractivity contribution in [3.8, 4) is 0 Å². The van der Waals surface area contributed by atoms with Gasteiger partial charge in [-0.15, -0.1) is 0 Å². The SMILES string of the molecule is CC(=O)N(CCC(=O)Nc1ccc(N2CCCC2)cc1)CCC(C)C. The number of nitrogens with one attached hydrogen (secondary N) is 1. The van der Waals surface area contributed by atoms with E-state index in [2.05, 4.69) is 36.2 Å². The van der Waals surface area contributed by atoms with Gasteiger partial charge in [0.1, 0.15) is 0 Å². The average Bonchev–Trinajstić information content (AvgIpc) is 3.09. The summed E-state index contributed by atoms with van der Waals surface area (Å²) in [6.45, 7) is 9.25. The Kier molecular flexibility index (Phi) is 7.29. The molecule has 0 bridgehead atoms. The molecule has 5 heteroatoms. The standard InChI is InChI=1S/C20H31N3O2/c1-16(2)10-14-22(17(3)24)15-11-20(25)21-18-6-8-19(9-7-18)23-12-4-5-13-23/h6-9,16H,4-5,10-15H2,1-3H3,(H,21,25). The summed E-state index contributed by atoms with van der Waals surface area (Å²) in [5, 5.41) is 2.92. The van der Waals surface area contributed by atoms with Gasteiger partial charge in [0.05, 0.1) is 0 Å². The fraction of sp³-hybridized carbons (Fsp3) is 0.600. The van der Waals surface area contributed by atoms with Gasteiger partial charge in [-0.1, -0.05) is 13.8 Å². The zero-order valence-corrected chi connectivity index (χ0v) is 15.8. The molecule has 2 rings (SSSR count). The second-order valence-corrected chi connectivity index (χ2v) is 7.23. The van der Waals surface area contributed by atoms with E-state index >= 15 is 0 Å². The molecule has 0 unspecified atom stereocenters. The maximum Gasteiger partial charge on any atom is 0.226 e. The van der Waals surface area contributed by atoms with Crippen molar-refractivity contribution in [2.45, 2.75) is 46.5 Å². The molecule has 138 valence electrons. The van der Waals surface area contributed by atoms with Crippen LogP contribution in [-0.4, -0.2) is 42.9 Å². The molecule has 0 atom stereocenters. The van der Waals surface area contributed by atoms with Crippen LogP contribution in [-0.2, 0) is 9.59 Å². The Balaban J connectivity index is 1.79. The molecule has 1 fully saturated rings. The van der Waals surface area contributed by atoms with E-state index in [0.717, 1.165) is 25.2 Å². The fourth-order valence-electron chi connectivity index (χ4n) is 3.03. The molecular weight excluding hydrogens is 314 g/mol. The van der Waals surface area contributed by atoms with Crippen LogP contribution in [0.3, 0.4) is 0 Å². The minimum absolute atomic E-state index is 0.0309. The van der Waals surface area contributed by atoms with Gasteiger partial charge in [-0.25, -0.2) is 0 Å². The number of carbonyl (C=O) groups is 2. The van der Waals surface area contributed by atoms with E-state index in [1.54, 1.807) is 11.8 Å². The molecule has 1 aromatic carbocycles. The predicted molar refractivity (Wildman–Crippen MR) is 103 cm³/mol. The summed E-state index contributed by atoms with van der Waals surface area (Å²) < 4.78 is 0. The molecule has 0 aliphatic carbocycles. The van der Waals surface area contributed by atoms with Crippen LogP contribution in [0.2, 0.25) is 0 Å². The van der Waals surface area contributed by atoms with Gasteiger partial charge in [0.2, 0.25) is 11.8 Å². The highest BCUT2D eigenvalue weighted by atomic mass is 16.2. The van der Waals surface area contributed by atoms with Crippen LogP contribution < -0.4 is 10.2 Å². The second kappa shape index (κ2) is 9.44. The van der Waals surface area contributed by atoms with E-state index in [1.807, 2.05) is 12.1 Å². The van der Waals surface area contributed by atoms with Crippen molar-refractivity contribution in [1.29, 1.82) is 0 Å². The molecule has 1 aliphatic rings. The summed E-state index contributed by atoms with van der Waals surface area (Å²) in [5.74, 6) is 0.526. The Morgan fingerprint density at radius 1 is 1.12 bits per heavy atom. The van der Waals surface area contributed by atoms with Crippen LogP contribution in [0.4, 0.5) is 11.4 Å². The smallest absolute Gasteiger partial charge is 0.226 e. The number of amides is 2. The predicted octanol–water partition coefficient (Wildman–Crippen LogP) is 3.51. The first-order valence-electron chi connectivity index (χ1n) is 9.36. The van der Waals surface area contributed by atoms with Crippen LogP contribution in [0.1, 0.15) is 46.5 Å². The number of nitrogens with zero attached hydrogens (tertiary/aromatic N) is 2. The van der Waals surface area contributed by atoms with E-state index in [4.69, 9.17) is 0 Å². The molecule has 1 N–H and O–H groups in total. The van der Waals surface area contributed by atoms with Crippen molar-refractivity contribution in [3.63, 3.8) is 0 Å². The van der Waals surface area contributed by atoms with Gasteiger partial charge in [0.25, 0.3) is 0 Å². The van der Waals surface area contributed by atoms with Crippen LogP contribution in [0.25, 0.3) is 0 Å². The lowest BCUT2D eigenvalue weighted by Gasteiger charge is -2.22. The topological polar surface area (TPSA) is 52.7 Å². The third kappa shape index (κ3) is 6.40. The molecule has 5 nitrogen and oxygen atoms in total. The quantitative estimate of drug-likeness (QED) is 0.784. The Hall–Kier alpha value is -2.04. The number of hydrogen-bond donors (Lipinski definition) is 1. The number of benzene rings is 1. The second-order valence-electron chi connectivity index (χ2n) is 7.23. The van der Waals surface area contributed by atoms with Crippen molar-refractivity contribution in [2.75, 3.05) is 36.4 Å². The van der Waals surface area contributed by atoms with Crippen molar-refractivity contribution in [2.24, 2.45) is 5.92 Å². The van der Waals surface area contributed by atoms with Gasteiger partial charge >= 0.3 is 0 Å². The third-order valence-electron chi connectivity index (χ3n) is 4.65. The number of hydrogen-bond acceptors (Lipinski definition) is 3. The van der Waals surface area contributed by atoms with Crippen molar-refractivity contribution in [1.82, 2.24) is 4.90 Å². The van der Waals surface area contributed by atoms with Gasteiger partial charge in [0.15, 0.2) is 0 Å². The van der Waals surface area contributed by atoms with Gasteiger partial charge < -0.3 is 15.1 Å². The first kappa shape index (κ1) is 19.3. The Labute approximate surface area is 151 Å². The van der Waals surface area contributed by atoms with Gasteiger partial charge in [-0.3, -0.25) is 9.59 Å². The minimum atomic E-state index is -0.0512. The van der Waals surface area contributed by atoms with Gasteiger partial charge in [-0.2, -0.15) is 0 Å². The molecule has 1 aliphatic heterocycles. The lowest BCUT2D eigenvalue weighted by molar-refractivity contribution is -0.129. The van der Waals surface area contributed by atoms with Gasteiger partial charge in [-0.05, 0) is 49.4 Å². The van der Waals surface area contributed by atoms with E-state index in [9.17, 15) is 9.59 Å². The highest BCUT2D eigenvalue weighted by Gasteiger charge is 2.13. The number of anilines is 2. The lowest BCUT2D eigenvalue weighted by atomic mass is 10.1. The normalized spacial score (nSPS) is 14.0. The molecule has 0 aromatic heterocycles. The average molecular weight is 345 g/mol. The van der Waals surface area contributed by atoms with Crippen LogP contribution >= 0.6 is 0 Å². The zero-order chi connectivity index (χ0) is 18.2. The minimum Gasteiger partial charge on any atom is -0.372 e. The highest BCUT2D eigenvalue weighted by Crippen LogP contribution is 2.22. The molecule has 25 heavy (non-hydrogen) atoms. The Bertz CT molecular complexity index is 563. The fourth-order valence-corrected chi connectivity index (χ4v) is 3.03. The molecule has 0 radical (unpaired) electrons. The molecule has 1 saturated heterocycles. The van der Waals surface area contributed by atoms with Crippen LogP contribution in [0.5, 0.6) is 0 Å².